The van der Waals surface area contributed by atoms with E-state index in [0.29, 0.717) is 17.3 Å². The number of benzene rings is 2. The molecule has 0 aliphatic rings. The van der Waals surface area contributed by atoms with E-state index in [-0.39, 0.29) is 11.1 Å². The van der Waals surface area contributed by atoms with Crippen molar-refractivity contribution in [3.8, 4) is 11.8 Å². The predicted octanol–water partition coefficient (Wildman–Crippen LogP) is 5.23. The Kier molecular flexibility index (Phi) is 4.77. The molecule has 1 heterocycles. The van der Waals surface area contributed by atoms with Crippen LogP contribution in [0.2, 0.25) is 0 Å². The first-order valence-corrected chi connectivity index (χ1v) is 7.58. The van der Waals surface area contributed by atoms with Gasteiger partial charge >= 0.3 is 6.18 Å². The molecule has 0 amide bonds. The van der Waals surface area contributed by atoms with E-state index in [0.717, 1.165) is 22.9 Å². The zero-order valence-electron chi connectivity index (χ0n) is 13.5. The molecule has 0 N–H and O–H groups in total. The monoisotopic (exact) mass is 375 g/mol. The average Bonchev–Trinajstić information content (AvgIpc) is 3.11. The molecule has 3 aromatic rings. The number of alkyl halides is 3. The van der Waals surface area contributed by atoms with E-state index < -0.39 is 23.5 Å². The van der Waals surface area contributed by atoms with Crippen molar-refractivity contribution in [2.45, 2.75) is 6.18 Å². The summed E-state index contributed by atoms with van der Waals surface area (Å²) >= 11 is 0. The molecule has 0 aliphatic heterocycles. The van der Waals surface area contributed by atoms with Gasteiger partial charge in [0.15, 0.2) is 5.69 Å². The molecule has 3 rings (SSSR count). The van der Waals surface area contributed by atoms with Crippen LogP contribution in [-0.4, -0.2) is 9.78 Å². The highest BCUT2D eigenvalue weighted by Crippen LogP contribution is 2.28. The van der Waals surface area contributed by atoms with E-state index >= 15 is 0 Å². The topological polar surface area (TPSA) is 41.6 Å². The van der Waals surface area contributed by atoms with E-state index in [4.69, 9.17) is 0 Å². The van der Waals surface area contributed by atoms with Crippen LogP contribution in [0.5, 0.6) is 0 Å². The van der Waals surface area contributed by atoms with Crippen LogP contribution in [0.3, 0.4) is 0 Å². The number of hydrogen-bond acceptors (Lipinski definition) is 2. The number of rotatable bonds is 3. The summed E-state index contributed by atoms with van der Waals surface area (Å²) in [6, 6.07) is 11.7. The molecule has 0 radical (unpaired) electrons. The Balaban J connectivity index is 1.89. The fraction of sp³-hybridized carbons (Fsp3) is 0.0526. The van der Waals surface area contributed by atoms with Gasteiger partial charge in [0.05, 0.1) is 17.3 Å². The minimum absolute atomic E-state index is 0.0151. The van der Waals surface area contributed by atoms with E-state index in [1.807, 2.05) is 6.07 Å². The summed E-state index contributed by atoms with van der Waals surface area (Å²) in [6.07, 6.45) is -1.96. The third-order valence-corrected chi connectivity index (χ3v) is 3.69. The number of nitriles is 1. The first-order chi connectivity index (χ1) is 12.8. The molecule has 27 heavy (non-hydrogen) atoms. The molecule has 136 valence electrons. The van der Waals surface area contributed by atoms with E-state index in [1.165, 1.54) is 24.4 Å². The van der Waals surface area contributed by atoms with Crippen molar-refractivity contribution in [3.05, 3.63) is 83.2 Å². The van der Waals surface area contributed by atoms with Crippen molar-refractivity contribution >= 4 is 11.6 Å². The standard InChI is InChI=1S/C19H10F5N3/c20-14-3-6-16(17(21)10-14)13(11-25)9-12-1-4-15(5-2-12)27-8-7-18(26-27)19(22,23)24/h1-10H. The Morgan fingerprint density at radius 3 is 2.30 bits per heavy atom. The molecule has 0 saturated carbocycles. The van der Waals surface area contributed by atoms with Crippen molar-refractivity contribution < 1.29 is 22.0 Å². The largest absolute Gasteiger partial charge is 0.435 e. The number of aromatic nitrogens is 2. The molecule has 0 spiro atoms. The Hall–Kier alpha value is -3.47. The number of hydrogen-bond donors (Lipinski definition) is 0. The van der Waals surface area contributed by atoms with Gasteiger partial charge in [-0.15, -0.1) is 0 Å². The van der Waals surface area contributed by atoms with Crippen LogP contribution < -0.4 is 0 Å². The molecule has 1 aromatic heterocycles. The van der Waals surface area contributed by atoms with Gasteiger partial charge in [0, 0.05) is 17.8 Å². The van der Waals surface area contributed by atoms with Crippen LogP contribution in [0.25, 0.3) is 17.3 Å². The minimum Gasteiger partial charge on any atom is -0.240 e. The summed E-state index contributed by atoms with van der Waals surface area (Å²) in [7, 11) is 0. The molecule has 8 heteroatoms. The highest BCUT2D eigenvalue weighted by Gasteiger charge is 2.33. The fourth-order valence-electron chi connectivity index (χ4n) is 2.39. The molecule has 3 nitrogen and oxygen atoms in total. The lowest BCUT2D eigenvalue weighted by Gasteiger charge is -2.05. The Morgan fingerprint density at radius 1 is 1.04 bits per heavy atom. The Bertz CT molecular complexity index is 1040. The second-order valence-corrected chi connectivity index (χ2v) is 5.53. The van der Waals surface area contributed by atoms with Gasteiger partial charge < -0.3 is 0 Å². The van der Waals surface area contributed by atoms with Crippen molar-refractivity contribution in [2.24, 2.45) is 0 Å². The quantitative estimate of drug-likeness (QED) is 0.357. The molecule has 0 bridgehead atoms. The van der Waals surface area contributed by atoms with Gasteiger partial charge in [0.25, 0.3) is 0 Å². The Labute approximate surface area is 150 Å². The highest BCUT2D eigenvalue weighted by atomic mass is 19.4. The second-order valence-electron chi connectivity index (χ2n) is 5.53. The molecule has 0 fully saturated rings. The fourth-order valence-corrected chi connectivity index (χ4v) is 2.39. The summed E-state index contributed by atoms with van der Waals surface area (Å²) in [4.78, 5) is 0. The van der Waals surface area contributed by atoms with Crippen molar-refractivity contribution in [2.75, 3.05) is 0 Å². The number of nitrogens with zero attached hydrogens (tertiary/aromatic N) is 3. The third-order valence-electron chi connectivity index (χ3n) is 3.69. The van der Waals surface area contributed by atoms with E-state index in [1.54, 1.807) is 12.1 Å². The Morgan fingerprint density at radius 2 is 1.74 bits per heavy atom. The van der Waals surface area contributed by atoms with Crippen LogP contribution in [0.15, 0.2) is 54.7 Å². The summed E-state index contributed by atoms with van der Waals surface area (Å²) in [5.74, 6) is -1.62. The van der Waals surface area contributed by atoms with Crippen LogP contribution in [0, 0.1) is 23.0 Å². The van der Waals surface area contributed by atoms with E-state index in [9.17, 15) is 27.2 Å². The average molecular weight is 375 g/mol. The molecule has 2 aromatic carbocycles. The maximum atomic E-state index is 13.8. The predicted molar refractivity (Wildman–Crippen MR) is 88.4 cm³/mol. The van der Waals surface area contributed by atoms with Gasteiger partial charge in [-0.05, 0) is 42.0 Å². The van der Waals surface area contributed by atoms with Gasteiger partial charge in [-0.3, -0.25) is 0 Å². The highest BCUT2D eigenvalue weighted by molar-refractivity contribution is 5.89. The van der Waals surface area contributed by atoms with Gasteiger partial charge in [-0.1, -0.05) is 12.1 Å². The van der Waals surface area contributed by atoms with Crippen LogP contribution in [0.1, 0.15) is 16.8 Å². The molecule has 0 aliphatic carbocycles. The molecular formula is C19H10F5N3. The zero-order chi connectivity index (χ0) is 19.6. The number of halogens is 5. The van der Waals surface area contributed by atoms with Crippen LogP contribution >= 0.6 is 0 Å². The van der Waals surface area contributed by atoms with Crippen LogP contribution in [0.4, 0.5) is 22.0 Å². The van der Waals surface area contributed by atoms with Gasteiger partial charge in [0.1, 0.15) is 11.6 Å². The maximum absolute atomic E-state index is 13.8. The second kappa shape index (κ2) is 7.03. The maximum Gasteiger partial charge on any atom is 0.435 e. The van der Waals surface area contributed by atoms with Crippen LogP contribution in [-0.2, 0) is 6.18 Å². The first kappa shape index (κ1) is 18.3. The smallest absolute Gasteiger partial charge is 0.240 e. The van der Waals surface area contributed by atoms with Gasteiger partial charge in [-0.2, -0.15) is 23.5 Å². The summed E-state index contributed by atoms with van der Waals surface area (Å²) in [6.45, 7) is 0. The SMILES string of the molecule is N#CC(=Cc1ccc(-n2ccc(C(F)(F)F)n2)cc1)c1ccc(F)cc1F. The van der Waals surface area contributed by atoms with Crippen molar-refractivity contribution in [3.63, 3.8) is 0 Å². The van der Waals surface area contributed by atoms with Gasteiger partial charge in [0.2, 0.25) is 0 Å². The number of allylic oxidation sites excluding steroid dienone is 1. The minimum atomic E-state index is -4.53. The lowest BCUT2D eigenvalue weighted by atomic mass is 10.0. The normalized spacial score (nSPS) is 12.1. The zero-order valence-corrected chi connectivity index (χ0v) is 13.5. The third kappa shape index (κ3) is 4.03. The molecule has 0 atom stereocenters. The lowest BCUT2D eigenvalue weighted by molar-refractivity contribution is -0.141. The van der Waals surface area contributed by atoms with Gasteiger partial charge in [-0.25, -0.2) is 13.5 Å². The molecule has 0 unspecified atom stereocenters. The molecule has 0 saturated heterocycles. The molecular weight excluding hydrogens is 365 g/mol. The van der Waals surface area contributed by atoms with E-state index in [2.05, 4.69) is 5.10 Å². The first-order valence-electron chi connectivity index (χ1n) is 7.58. The van der Waals surface area contributed by atoms with Crippen molar-refractivity contribution in [1.29, 1.82) is 5.26 Å². The lowest BCUT2D eigenvalue weighted by Crippen LogP contribution is -2.07. The summed E-state index contributed by atoms with van der Waals surface area (Å²) in [5, 5.41) is 12.7. The summed E-state index contributed by atoms with van der Waals surface area (Å²) < 4.78 is 65.8. The summed E-state index contributed by atoms with van der Waals surface area (Å²) in [5.41, 5.74) is -0.176. The van der Waals surface area contributed by atoms with Crippen molar-refractivity contribution in [1.82, 2.24) is 9.78 Å².